The molecule has 1 aromatic carbocycles. The van der Waals surface area contributed by atoms with Gasteiger partial charge in [-0.15, -0.1) is 0 Å². The van der Waals surface area contributed by atoms with Gasteiger partial charge in [0.2, 0.25) is 10.0 Å². The maximum absolute atomic E-state index is 12.5. The lowest BCUT2D eigenvalue weighted by atomic mass is 9.81. The van der Waals surface area contributed by atoms with Crippen molar-refractivity contribution in [2.24, 2.45) is 5.41 Å². The van der Waals surface area contributed by atoms with Gasteiger partial charge >= 0.3 is 0 Å². The third-order valence-corrected chi connectivity index (χ3v) is 6.16. The lowest BCUT2D eigenvalue weighted by molar-refractivity contribution is 0.232. The minimum Gasteiger partial charge on any atom is -0.495 e. The number of piperidine rings is 1. The van der Waals surface area contributed by atoms with Crippen molar-refractivity contribution in [3.05, 3.63) is 22.2 Å². The van der Waals surface area contributed by atoms with Crippen LogP contribution in [0.15, 0.2) is 17.0 Å². The molecule has 5 nitrogen and oxygen atoms in total. The summed E-state index contributed by atoms with van der Waals surface area (Å²) < 4.78 is 32.6. The molecule has 1 aliphatic heterocycles. The highest BCUT2D eigenvalue weighted by atomic mass is 35.5. The van der Waals surface area contributed by atoms with Crippen LogP contribution >= 0.6 is 23.2 Å². The van der Waals surface area contributed by atoms with Gasteiger partial charge in [0.25, 0.3) is 0 Å². The molecule has 0 amide bonds. The number of methoxy groups -OCH3 is 1. The van der Waals surface area contributed by atoms with E-state index < -0.39 is 10.0 Å². The van der Waals surface area contributed by atoms with Gasteiger partial charge in [-0.05, 0) is 37.4 Å². The second-order valence-electron chi connectivity index (χ2n) is 5.80. The van der Waals surface area contributed by atoms with Crippen molar-refractivity contribution in [2.45, 2.75) is 24.7 Å². The first-order valence-electron chi connectivity index (χ1n) is 7.01. The van der Waals surface area contributed by atoms with Crippen LogP contribution in [0.3, 0.4) is 0 Å². The summed E-state index contributed by atoms with van der Waals surface area (Å²) in [5.41, 5.74) is -0.0545. The minimum atomic E-state index is -3.72. The topological polar surface area (TPSA) is 67.4 Å². The van der Waals surface area contributed by atoms with Gasteiger partial charge in [-0.1, -0.05) is 30.1 Å². The third kappa shape index (κ3) is 4.06. The molecule has 0 atom stereocenters. The number of halogens is 2. The van der Waals surface area contributed by atoms with Gasteiger partial charge in [0.1, 0.15) is 10.6 Å². The molecule has 0 aromatic heterocycles. The number of sulfonamides is 1. The van der Waals surface area contributed by atoms with Gasteiger partial charge in [-0.3, -0.25) is 0 Å². The second kappa shape index (κ2) is 6.93. The summed E-state index contributed by atoms with van der Waals surface area (Å²) in [6.07, 6.45) is 1.85. The van der Waals surface area contributed by atoms with Crippen molar-refractivity contribution in [1.82, 2.24) is 10.0 Å². The van der Waals surface area contributed by atoms with Gasteiger partial charge in [-0.2, -0.15) is 0 Å². The number of hydrogen-bond acceptors (Lipinski definition) is 4. The summed E-state index contributed by atoms with van der Waals surface area (Å²) in [5.74, 6) is 0.343. The van der Waals surface area contributed by atoms with E-state index in [0.717, 1.165) is 25.9 Å². The van der Waals surface area contributed by atoms with E-state index in [-0.39, 0.29) is 20.4 Å². The number of rotatable bonds is 5. The van der Waals surface area contributed by atoms with Gasteiger partial charge in [0.05, 0.1) is 17.2 Å². The van der Waals surface area contributed by atoms with Crippen LogP contribution in [0.1, 0.15) is 19.8 Å². The van der Waals surface area contributed by atoms with Crippen LogP contribution in [0.4, 0.5) is 0 Å². The molecule has 0 spiro atoms. The molecule has 0 radical (unpaired) electrons. The van der Waals surface area contributed by atoms with Gasteiger partial charge in [-0.25, -0.2) is 13.1 Å². The van der Waals surface area contributed by atoms with E-state index in [1.807, 2.05) is 0 Å². The molecular formula is C14H20Cl2N2O3S. The molecular weight excluding hydrogens is 347 g/mol. The van der Waals surface area contributed by atoms with Gasteiger partial charge in [0, 0.05) is 12.6 Å². The SMILES string of the molecule is COc1cc(Cl)c(S(=O)(=O)NCC2(C)CCNCC2)cc1Cl. The fraction of sp³-hybridized carbons (Fsp3) is 0.571. The Bertz CT molecular complexity index is 644. The summed E-state index contributed by atoms with van der Waals surface area (Å²) in [5, 5.41) is 3.56. The zero-order valence-corrected chi connectivity index (χ0v) is 14.9. The molecule has 0 unspecified atom stereocenters. The lowest BCUT2D eigenvalue weighted by Gasteiger charge is -2.34. The predicted molar refractivity (Wildman–Crippen MR) is 88.4 cm³/mol. The van der Waals surface area contributed by atoms with E-state index in [0.29, 0.717) is 12.3 Å². The van der Waals surface area contributed by atoms with Crippen molar-refractivity contribution in [1.29, 1.82) is 0 Å². The highest BCUT2D eigenvalue weighted by Crippen LogP contribution is 2.34. The van der Waals surface area contributed by atoms with Crippen molar-refractivity contribution >= 4 is 33.2 Å². The summed E-state index contributed by atoms with van der Waals surface area (Å²) in [4.78, 5) is -0.0301. The molecule has 0 bridgehead atoms. The summed E-state index contributed by atoms with van der Waals surface area (Å²) >= 11 is 12.1. The van der Waals surface area contributed by atoms with Crippen LogP contribution in [-0.2, 0) is 10.0 Å². The monoisotopic (exact) mass is 366 g/mol. The van der Waals surface area contributed by atoms with Crippen molar-refractivity contribution in [2.75, 3.05) is 26.7 Å². The number of benzene rings is 1. The van der Waals surface area contributed by atoms with E-state index in [2.05, 4.69) is 17.0 Å². The van der Waals surface area contributed by atoms with Crippen LogP contribution < -0.4 is 14.8 Å². The van der Waals surface area contributed by atoms with Crippen LogP contribution in [0.25, 0.3) is 0 Å². The van der Waals surface area contributed by atoms with Crippen LogP contribution in [0.5, 0.6) is 5.75 Å². The molecule has 1 aliphatic rings. The van der Waals surface area contributed by atoms with E-state index >= 15 is 0 Å². The number of hydrogen-bond donors (Lipinski definition) is 2. The first-order valence-corrected chi connectivity index (χ1v) is 9.25. The second-order valence-corrected chi connectivity index (χ2v) is 8.35. The molecule has 2 N–H and O–H groups in total. The summed E-state index contributed by atoms with van der Waals surface area (Å²) in [7, 11) is -2.27. The maximum Gasteiger partial charge on any atom is 0.242 e. The quantitative estimate of drug-likeness (QED) is 0.840. The Morgan fingerprint density at radius 3 is 2.50 bits per heavy atom. The first-order chi connectivity index (χ1) is 10.3. The summed E-state index contributed by atoms with van der Waals surface area (Å²) in [6.45, 7) is 4.25. The molecule has 0 aliphatic carbocycles. The van der Waals surface area contributed by atoms with E-state index in [9.17, 15) is 8.42 Å². The first kappa shape index (κ1) is 17.8. The number of nitrogens with one attached hydrogen (secondary N) is 2. The normalized spacial score (nSPS) is 18.2. The Morgan fingerprint density at radius 2 is 1.91 bits per heavy atom. The van der Waals surface area contributed by atoms with E-state index in [1.165, 1.54) is 19.2 Å². The van der Waals surface area contributed by atoms with Crippen LogP contribution in [0.2, 0.25) is 10.0 Å². The van der Waals surface area contributed by atoms with Crippen LogP contribution in [-0.4, -0.2) is 35.2 Å². The Morgan fingerprint density at radius 1 is 1.27 bits per heavy atom. The summed E-state index contributed by atoms with van der Waals surface area (Å²) in [6, 6.07) is 2.72. The zero-order valence-electron chi connectivity index (χ0n) is 12.6. The van der Waals surface area contributed by atoms with E-state index in [4.69, 9.17) is 27.9 Å². The minimum absolute atomic E-state index is 0.0301. The molecule has 1 saturated heterocycles. The lowest BCUT2D eigenvalue weighted by Crippen LogP contribution is -2.42. The van der Waals surface area contributed by atoms with Crippen molar-refractivity contribution < 1.29 is 13.2 Å². The third-order valence-electron chi connectivity index (χ3n) is 4.00. The standard InChI is InChI=1S/C14H20Cl2N2O3S/c1-14(3-5-17-6-4-14)9-18-22(19,20)13-8-10(15)12(21-2)7-11(13)16/h7-8,17-18H,3-6,9H2,1-2H3. The largest absolute Gasteiger partial charge is 0.495 e. The zero-order chi connectivity index (χ0) is 16.4. The molecule has 1 heterocycles. The molecule has 0 saturated carbocycles. The molecule has 2 rings (SSSR count). The fourth-order valence-electron chi connectivity index (χ4n) is 2.43. The molecule has 8 heteroatoms. The predicted octanol–water partition coefficient (Wildman–Crippen LogP) is 2.67. The van der Waals surface area contributed by atoms with Crippen molar-refractivity contribution in [3.63, 3.8) is 0 Å². The molecule has 1 fully saturated rings. The van der Waals surface area contributed by atoms with E-state index in [1.54, 1.807) is 0 Å². The number of ether oxygens (including phenoxy) is 1. The Kier molecular flexibility index (Phi) is 5.61. The maximum atomic E-state index is 12.5. The highest BCUT2D eigenvalue weighted by molar-refractivity contribution is 7.89. The average Bonchev–Trinajstić information content (AvgIpc) is 2.48. The smallest absolute Gasteiger partial charge is 0.242 e. The average molecular weight is 367 g/mol. The Hall–Kier alpha value is -0.530. The van der Waals surface area contributed by atoms with Gasteiger partial charge < -0.3 is 10.1 Å². The Balaban J connectivity index is 2.18. The molecule has 1 aromatic rings. The van der Waals surface area contributed by atoms with Gasteiger partial charge in [0.15, 0.2) is 0 Å². The fourth-order valence-corrected chi connectivity index (χ4v) is 4.47. The highest BCUT2D eigenvalue weighted by Gasteiger charge is 2.29. The van der Waals surface area contributed by atoms with Crippen LogP contribution in [0, 0.1) is 5.41 Å². The van der Waals surface area contributed by atoms with Crippen molar-refractivity contribution in [3.8, 4) is 5.75 Å². The molecule has 124 valence electrons. The molecule has 22 heavy (non-hydrogen) atoms. The Labute approximate surface area is 141 Å².